The van der Waals surface area contributed by atoms with Crippen molar-refractivity contribution in [1.82, 2.24) is 26.6 Å². The van der Waals surface area contributed by atoms with E-state index in [4.69, 9.17) is 0 Å². The topological polar surface area (TPSA) is 74.6 Å². The lowest BCUT2D eigenvalue weighted by Crippen LogP contribution is -2.49. The van der Waals surface area contributed by atoms with E-state index in [2.05, 4.69) is 38.5 Å². The Morgan fingerprint density at radius 1 is 0.941 bits per heavy atom. The van der Waals surface area contributed by atoms with Crippen molar-refractivity contribution in [3.63, 3.8) is 0 Å². The molecule has 1 unspecified atom stereocenters. The lowest BCUT2D eigenvalue weighted by molar-refractivity contribution is 0.367. The van der Waals surface area contributed by atoms with Crippen LogP contribution in [0.15, 0.2) is 4.99 Å². The quantitative estimate of drug-likeness (QED) is 0.253. The Hall–Kier alpha value is -0.850. The van der Waals surface area contributed by atoms with Crippen LogP contribution in [-0.4, -0.2) is 45.1 Å². The minimum atomic E-state index is -0.0155. The number of rotatable bonds is 9. The van der Waals surface area contributed by atoms with E-state index in [1.807, 2.05) is 20.8 Å². The summed E-state index contributed by atoms with van der Waals surface area (Å²) in [7, 11) is 0. The van der Waals surface area contributed by atoms with Gasteiger partial charge in [-0.15, -0.1) is 0 Å². The van der Waals surface area contributed by atoms with Crippen LogP contribution >= 0.6 is 0 Å². The van der Waals surface area contributed by atoms with Gasteiger partial charge >= 0.3 is 0 Å². The van der Waals surface area contributed by atoms with Gasteiger partial charge in [-0.25, -0.2) is 10.3 Å². The predicted octanol–water partition coefficient (Wildman–Crippen LogP) is -0.374. The van der Waals surface area contributed by atoms with Crippen LogP contribution in [0.25, 0.3) is 0 Å². The highest BCUT2D eigenvalue weighted by atomic mass is 15.3. The smallest absolute Gasteiger partial charge is 0.192 e. The Labute approximate surface area is 105 Å². The summed E-state index contributed by atoms with van der Waals surface area (Å²) in [5.74, 6) is 0.828. The molecule has 0 fully saturated rings. The molecule has 0 aromatic rings. The van der Waals surface area contributed by atoms with Crippen molar-refractivity contribution in [2.75, 3.05) is 32.8 Å². The highest BCUT2D eigenvalue weighted by molar-refractivity contribution is 5.79. The summed E-state index contributed by atoms with van der Waals surface area (Å²) >= 11 is 0. The largest absolute Gasteiger partial charge is 0.357 e. The summed E-state index contributed by atoms with van der Waals surface area (Å²) in [4.78, 5) is 4.39. The molecule has 0 amide bonds. The Morgan fingerprint density at radius 3 is 2.06 bits per heavy atom. The van der Waals surface area contributed by atoms with Gasteiger partial charge < -0.3 is 10.6 Å². The lowest BCUT2D eigenvalue weighted by atomic mass is 10.6. The molecule has 0 rings (SSSR count). The Bertz CT molecular complexity index is 180. The number of hydrogen-bond acceptors (Lipinski definition) is 3. The molecular formula is C11H27N6. The molecule has 0 aromatic heterocycles. The van der Waals surface area contributed by atoms with Gasteiger partial charge in [0.15, 0.2) is 5.96 Å². The van der Waals surface area contributed by atoms with Gasteiger partial charge in [0.2, 0.25) is 0 Å². The molecule has 0 aliphatic carbocycles. The standard InChI is InChI=1S/C11H27N6/c1-5-12-10(13-6-2)16-9-17-11(14-7-3)15-8-4/h10,12,16H,5-9H2,1-4H3,(H2,14,15,17). The maximum Gasteiger partial charge on any atom is 0.192 e. The molecule has 0 aliphatic heterocycles. The first kappa shape index (κ1) is 16.1. The van der Waals surface area contributed by atoms with E-state index in [0.29, 0.717) is 6.67 Å². The number of hydrogen-bond donors (Lipinski definition) is 4. The van der Waals surface area contributed by atoms with Crippen LogP contribution in [0.1, 0.15) is 27.7 Å². The van der Waals surface area contributed by atoms with Crippen LogP contribution in [0.5, 0.6) is 0 Å². The van der Waals surface area contributed by atoms with Crippen LogP contribution in [0.3, 0.4) is 0 Å². The Balaban J connectivity index is 3.98. The van der Waals surface area contributed by atoms with E-state index < -0.39 is 0 Å². The van der Waals surface area contributed by atoms with Crippen LogP contribution in [0.2, 0.25) is 0 Å². The number of guanidine groups is 1. The zero-order valence-electron chi connectivity index (χ0n) is 11.5. The fourth-order valence-electron chi connectivity index (χ4n) is 1.30. The van der Waals surface area contributed by atoms with E-state index in [1.165, 1.54) is 0 Å². The summed E-state index contributed by atoms with van der Waals surface area (Å²) < 4.78 is 0. The van der Waals surface area contributed by atoms with Crippen molar-refractivity contribution in [3.05, 3.63) is 0 Å². The monoisotopic (exact) mass is 243 g/mol. The fraction of sp³-hybridized carbons (Fsp3) is 0.909. The molecule has 0 bridgehead atoms. The molecule has 0 aromatic carbocycles. The normalized spacial score (nSPS) is 10.4. The first-order valence-corrected chi connectivity index (χ1v) is 6.43. The molecule has 17 heavy (non-hydrogen) atoms. The summed E-state index contributed by atoms with van der Waals surface area (Å²) in [5.41, 5.74) is 0. The molecule has 0 saturated carbocycles. The van der Waals surface area contributed by atoms with Crippen molar-refractivity contribution in [2.24, 2.45) is 4.99 Å². The average Bonchev–Trinajstić information content (AvgIpc) is 2.30. The second-order valence-corrected chi connectivity index (χ2v) is 3.39. The lowest BCUT2D eigenvalue weighted by Gasteiger charge is -2.17. The molecule has 1 atom stereocenters. The third-order valence-corrected chi connectivity index (χ3v) is 1.97. The zero-order chi connectivity index (χ0) is 12.9. The molecular weight excluding hydrogens is 216 g/mol. The Morgan fingerprint density at radius 2 is 1.59 bits per heavy atom. The molecule has 6 heteroatoms. The third-order valence-electron chi connectivity index (χ3n) is 1.97. The first-order chi connectivity index (χ1) is 8.28. The van der Waals surface area contributed by atoms with E-state index in [1.54, 1.807) is 0 Å². The van der Waals surface area contributed by atoms with Gasteiger partial charge in [0.1, 0.15) is 6.29 Å². The molecule has 0 spiro atoms. The minimum Gasteiger partial charge on any atom is -0.357 e. The van der Waals surface area contributed by atoms with Crippen molar-refractivity contribution in [3.8, 4) is 0 Å². The fourth-order valence-corrected chi connectivity index (χ4v) is 1.30. The average molecular weight is 243 g/mol. The van der Waals surface area contributed by atoms with Gasteiger partial charge in [-0.2, -0.15) is 0 Å². The van der Waals surface area contributed by atoms with E-state index in [0.717, 1.165) is 32.1 Å². The van der Waals surface area contributed by atoms with Gasteiger partial charge in [-0.05, 0) is 20.4 Å². The van der Waals surface area contributed by atoms with Crippen molar-refractivity contribution in [2.45, 2.75) is 34.0 Å². The zero-order valence-corrected chi connectivity index (χ0v) is 11.5. The summed E-state index contributed by atoms with van der Waals surface area (Å²) in [6.45, 7) is 12.1. The van der Waals surface area contributed by atoms with E-state index in [9.17, 15) is 0 Å². The minimum absolute atomic E-state index is 0.0155. The Kier molecular flexibility index (Phi) is 11.0. The molecule has 6 nitrogen and oxygen atoms in total. The number of nitrogens with one attached hydrogen (secondary N) is 4. The first-order valence-electron chi connectivity index (χ1n) is 6.43. The predicted molar refractivity (Wildman–Crippen MR) is 72.9 cm³/mol. The number of aliphatic imine (C=N–C) groups is 1. The summed E-state index contributed by atoms with van der Waals surface area (Å²) in [6, 6.07) is 0. The van der Waals surface area contributed by atoms with Crippen LogP contribution in [-0.2, 0) is 0 Å². The third kappa shape index (κ3) is 8.91. The van der Waals surface area contributed by atoms with Crippen molar-refractivity contribution in [1.29, 1.82) is 0 Å². The van der Waals surface area contributed by atoms with E-state index in [-0.39, 0.29) is 6.29 Å². The summed E-state index contributed by atoms with van der Waals surface area (Å²) in [6.07, 6.45) is -0.0155. The van der Waals surface area contributed by atoms with Crippen molar-refractivity contribution < 1.29 is 0 Å². The molecule has 0 heterocycles. The van der Waals surface area contributed by atoms with Crippen LogP contribution < -0.4 is 26.6 Å². The van der Waals surface area contributed by atoms with Gasteiger partial charge in [0, 0.05) is 19.6 Å². The van der Waals surface area contributed by atoms with Gasteiger partial charge in [-0.3, -0.25) is 10.6 Å². The van der Waals surface area contributed by atoms with Gasteiger partial charge in [-0.1, -0.05) is 13.8 Å². The van der Waals surface area contributed by atoms with E-state index >= 15 is 0 Å². The second-order valence-electron chi connectivity index (χ2n) is 3.39. The molecule has 0 aliphatic rings. The molecule has 101 valence electrons. The van der Waals surface area contributed by atoms with Crippen molar-refractivity contribution >= 4 is 5.96 Å². The molecule has 1 radical (unpaired) electrons. The molecule has 0 saturated heterocycles. The summed E-state index contributed by atoms with van der Waals surface area (Å²) in [5, 5.41) is 17.2. The van der Waals surface area contributed by atoms with Gasteiger partial charge in [0.25, 0.3) is 0 Å². The highest BCUT2D eigenvalue weighted by Gasteiger charge is 2.03. The van der Waals surface area contributed by atoms with Crippen LogP contribution in [0, 0.1) is 0 Å². The second kappa shape index (κ2) is 11.6. The van der Waals surface area contributed by atoms with Crippen LogP contribution in [0.4, 0.5) is 0 Å². The highest BCUT2D eigenvalue weighted by Crippen LogP contribution is 1.77. The maximum absolute atomic E-state index is 4.39. The SMILES string of the molecule is CC[N]C(NCC)NCN=C(NCC)NCC. The van der Waals surface area contributed by atoms with Gasteiger partial charge in [0.05, 0.1) is 6.67 Å². The molecule has 4 N–H and O–H groups in total. The number of nitrogens with zero attached hydrogens (tertiary/aromatic N) is 2. The maximum atomic E-state index is 4.39.